The van der Waals surface area contributed by atoms with Crippen LogP contribution in [0.25, 0.3) is 0 Å². The highest BCUT2D eigenvalue weighted by Gasteiger charge is 2.38. The molecule has 7 heteroatoms. The molecule has 166 valence electrons. The number of carbonyl (C=O) groups is 2. The van der Waals surface area contributed by atoms with E-state index in [0.29, 0.717) is 26.2 Å². The third kappa shape index (κ3) is 4.51. The number of amides is 2. The Labute approximate surface area is 179 Å². The van der Waals surface area contributed by atoms with Crippen molar-refractivity contribution in [3.05, 3.63) is 24.0 Å². The summed E-state index contributed by atoms with van der Waals surface area (Å²) in [6, 6.07) is 4.33. The van der Waals surface area contributed by atoms with Crippen molar-refractivity contribution >= 4 is 12.0 Å². The zero-order chi connectivity index (χ0) is 21.3. The zero-order valence-corrected chi connectivity index (χ0v) is 18.5. The molecule has 3 fully saturated rings. The highest BCUT2D eigenvalue weighted by atomic mass is 16.6. The molecule has 30 heavy (non-hydrogen) atoms. The summed E-state index contributed by atoms with van der Waals surface area (Å²) in [6.07, 6.45) is 8.04. The summed E-state index contributed by atoms with van der Waals surface area (Å²) in [5, 5.41) is 0. The summed E-state index contributed by atoms with van der Waals surface area (Å²) in [5.74, 6) is 0.120. The van der Waals surface area contributed by atoms with Crippen molar-refractivity contribution in [3.63, 3.8) is 0 Å². The van der Waals surface area contributed by atoms with Gasteiger partial charge in [0, 0.05) is 31.9 Å². The van der Waals surface area contributed by atoms with Crippen molar-refractivity contribution in [1.82, 2.24) is 14.4 Å². The van der Waals surface area contributed by atoms with E-state index in [1.54, 1.807) is 4.90 Å². The van der Waals surface area contributed by atoms with E-state index in [2.05, 4.69) is 9.47 Å². The number of rotatable bonds is 2. The number of fused-ring (bicyclic) bond motifs is 1. The van der Waals surface area contributed by atoms with Gasteiger partial charge in [-0.05, 0) is 58.6 Å². The second-order valence-corrected chi connectivity index (χ2v) is 9.76. The Kier molecular flexibility index (Phi) is 6.09. The molecule has 0 bridgehead atoms. The molecule has 2 unspecified atom stereocenters. The normalized spacial score (nSPS) is 25.7. The first-order chi connectivity index (χ1) is 14.3. The molecule has 0 radical (unpaired) electrons. The van der Waals surface area contributed by atoms with Crippen LogP contribution in [0.15, 0.2) is 18.3 Å². The fourth-order valence-corrected chi connectivity index (χ4v) is 5.04. The largest absolute Gasteiger partial charge is 0.444 e. The SMILES string of the molecule is CC(C)(C)OC(=O)N1CCC(n2cccc2C(=O)N2CCOC3CCCCC32)CC1. The van der Waals surface area contributed by atoms with Crippen molar-refractivity contribution in [2.75, 3.05) is 26.2 Å². The summed E-state index contributed by atoms with van der Waals surface area (Å²) in [4.78, 5) is 29.6. The Bertz CT molecular complexity index is 759. The minimum atomic E-state index is -0.483. The molecular weight excluding hydrogens is 382 g/mol. The van der Waals surface area contributed by atoms with Gasteiger partial charge in [-0.2, -0.15) is 0 Å². The van der Waals surface area contributed by atoms with Crippen LogP contribution in [0, 0.1) is 0 Å². The Morgan fingerprint density at radius 1 is 1.07 bits per heavy atom. The van der Waals surface area contributed by atoms with Crippen LogP contribution in [0.2, 0.25) is 0 Å². The van der Waals surface area contributed by atoms with Crippen molar-refractivity contribution in [3.8, 4) is 0 Å². The predicted molar refractivity (Wildman–Crippen MR) is 114 cm³/mol. The van der Waals surface area contributed by atoms with Crippen LogP contribution in [-0.4, -0.2) is 70.4 Å². The molecule has 2 aliphatic heterocycles. The molecule has 3 heterocycles. The van der Waals surface area contributed by atoms with Gasteiger partial charge >= 0.3 is 6.09 Å². The Morgan fingerprint density at radius 3 is 2.53 bits per heavy atom. The van der Waals surface area contributed by atoms with E-state index in [4.69, 9.17) is 9.47 Å². The lowest BCUT2D eigenvalue weighted by molar-refractivity contribution is -0.0755. The van der Waals surface area contributed by atoms with Gasteiger partial charge in [-0.1, -0.05) is 12.8 Å². The van der Waals surface area contributed by atoms with E-state index in [0.717, 1.165) is 31.4 Å². The van der Waals surface area contributed by atoms with Crippen LogP contribution in [0.4, 0.5) is 4.79 Å². The maximum atomic E-state index is 13.5. The van der Waals surface area contributed by atoms with Crippen molar-refractivity contribution in [2.24, 2.45) is 0 Å². The van der Waals surface area contributed by atoms with Crippen LogP contribution in [-0.2, 0) is 9.47 Å². The van der Waals surface area contributed by atoms with Crippen molar-refractivity contribution in [1.29, 1.82) is 0 Å². The summed E-state index contributed by atoms with van der Waals surface area (Å²) in [6.45, 7) is 8.25. The van der Waals surface area contributed by atoms with E-state index in [9.17, 15) is 9.59 Å². The van der Waals surface area contributed by atoms with Crippen LogP contribution in [0.3, 0.4) is 0 Å². The van der Waals surface area contributed by atoms with Gasteiger partial charge in [0.2, 0.25) is 0 Å². The van der Waals surface area contributed by atoms with Crippen LogP contribution < -0.4 is 0 Å². The second kappa shape index (κ2) is 8.61. The van der Waals surface area contributed by atoms with E-state index in [1.165, 1.54) is 12.8 Å². The van der Waals surface area contributed by atoms with Gasteiger partial charge in [-0.15, -0.1) is 0 Å². The molecule has 1 saturated carbocycles. The van der Waals surface area contributed by atoms with Gasteiger partial charge in [0.25, 0.3) is 5.91 Å². The maximum Gasteiger partial charge on any atom is 0.410 e. The predicted octanol–water partition coefficient (Wildman–Crippen LogP) is 3.84. The minimum Gasteiger partial charge on any atom is -0.444 e. The number of ether oxygens (including phenoxy) is 2. The Hall–Kier alpha value is -2.02. The average molecular weight is 418 g/mol. The molecule has 2 amide bonds. The molecule has 2 atom stereocenters. The van der Waals surface area contributed by atoms with E-state index < -0.39 is 5.60 Å². The van der Waals surface area contributed by atoms with Crippen molar-refractivity contribution in [2.45, 2.75) is 83.1 Å². The number of hydrogen-bond donors (Lipinski definition) is 0. The van der Waals surface area contributed by atoms with E-state index >= 15 is 0 Å². The lowest BCUT2D eigenvalue weighted by Gasteiger charge is -2.44. The van der Waals surface area contributed by atoms with Crippen LogP contribution in [0.1, 0.15) is 75.8 Å². The van der Waals surface area contributed by atoms with Crippen LogP contribution in [0.5, 0.6) is 0 Å². The van der Waals surface area contributed by atoms with Gasteiger partial charge in [-0.25, -0.2) is 4.79 Å². The summed E-state index contributed by atoms with van der Waals surface area (Å²) >= 11 is 0. The van der Waals surface area contributed by atoms with Gasteiger partial charge < -0.3 is 23.8 Å². The quantitative estimate of drug-likeness (QED) is 0.733. The molecule has 0 aromatic carbocycles. The van der Waals surface area contributed by atoms with Crippen LogP contribution >= 0.6 is 0 Å². The summed E-state index contributed by atoms with van der Waals surface area (Å²) < 4.78 is 13.6. The number of aromatic nitrogens is 1. The number of piperidine rings is 1. The van der Waals surface area contributed by atoms with Gasteiger partial charge in [0.15, 0.2) is 0 Å². The third-order valence-electron chi connectivity index (χ3n) is 6.50. The second-order valence-electron chi connectivity index (χ2n) is 9.76. The fraction of sp³-hybridized carbons (Fsp3) is 0.739. The first-order valence-corrected chi connectivity index (χ1v) is 11.4. The molecular formula is C23H35N3O4. The molecule has 7 nitrogen and oxygen atoms in total. The standard InChI is InChI=1S/C23H35N3O4/c1-23(2,3)30-22(28)24-13-10-17(11-14-24)25-12-6-8-19(25)21(27)26-15-16-29-20-9-5-4-7-18(20)26/h6,8,12,17-18,20H,4-5,7,9-11,13-16H2,1-3H3. The number of hydrogen-bond acceptors (Lipinski definition) is 4. The number of likely N-dealkylation sites (tertiary alicyclic amines) is 1. The third-order valence-corrected chi connectivity index (χ3v) is 6.50. The maximum absolute atomic E-state index is 13.5. The van der Waals surface area contributed by atoms with Gasteiger partial charge in [-0.3, -0.25) is 4.79 Å². The lowest BCUT2D eigenvalue weighted by atomic mass is 9.90. The molecule has 2 saturated heterocycles. The lowest BCUT2D eigenvalue weighted by Crippen LogP contribution is -2.55. The highest BCUT2D eigenvalue weighted by molar-refractivity contribution is 5.93. The molecule has 4 rings (SSSR count). The zero-order valence-electron chi connectivity index (χ0n) is 18.5. The Morgan fingerprint density at radius 2 is 1.80 bits per heavy atom. The molecule has 1 aromatic heterocycles. The molecule has 3 aliphatic rings. The van der Waals surface area contributed by atoms with Crippen molar-refractivity contribution < 1.29 is 19.1 Å². The number of nitrogens with zero attached hydrogens (tertiary/aromatic N) is 3. The molecule has 1 aromatic rings. The molecule has 0 spiro atoms. The van der Waals surface area contributed by atoms with E-state index in [1.807, 2.05) is 39.1 Å². The minimum absolute atomic E-state index is 0.120. The monoisotopic (exact) mass is 417 g/mol. The number of carbonyl (C=O) groups excluding carboxylic acids is 2. The first-order valence-electron chi connectivity index (χ1n) is 11.4. The first kappa shape index (κ1) is 21.2. The Balaban J connectivity index is 1.41. The summed E-state index contributed by atoms with van der Waals surface area (Å²) in [5.41, 5.74) is 0.278. The fourth-order valence-electron chi connectivity index (χ4n) is 5.04. The topological polar surface area (TPSA) is 64.0 Å². The van der Waals surface area contributed by atoms with E-state index in [-0.39, 0.29) is 30.2 Å². The highest BCUT2D eigenvalue weighted by Crippen LogP contribution is 2.31. The molecule has 0 N–H and O–H groups in total. The van der Waals surface area contributed by atoms with Gasteiger partial charge in [0.1, 0.15) is 11.3 Å². The number of morpholine rings is 1. The van der Waals surface area contributed by atoms with Gasteiger partial charge in [0.05, 0.1) is 18.8 Å². The molecule has 1 aliphatic carbocycles. The smallest absolute Gasteiger partial charge is 0.410 e. The average Bonchev–Trinajstić information content (AvgIpc) is 3.21. The summed E-state index contributed by atoms with van der Waals surface area (Å²) in [7, 11) is 0.